The number of anilines is 1. The first-order valence-corrected chi connectivity index (χ1v) is 12.4. The lowest BCUT2D eigenvalue weighted by Gasteiger charge is -2.18. The van der Waals surface area contributed by atoms with Gasteiger partial charge in [-0.3, -0.25) is 14.5 Å². The number of fused-ring (bicyclic) bond motifs is 3. The number of carbonyl (C=O) groups is 1. The summed E-state index contributed by atoms with van der Waals surface area (Å²) in [6.07, 6.45) is 1.37. The molecule has 3 aromatic rings. The highest BCUT2D eigenvalue weighted by atomic mass is 19.4. The molecule has 8 heteroatoms. The van der Waals surface area contributed by atoms with Crippen molar-refractivity contribution in [1.82, 2.24) is 9.88 Å². The van der Waals surface area contributed by atoms with Crippen LogP contribution in [-0.4, -0.2) is 36.4 Å². The fourth-order valence-electron chi connectivity index (χ4n) is 5.93. The van der Waals surface area contributed by atoms with Gasteiger partial charge in [0.2, 0.25) is 5.43 Å². The van der Waals surface area contributed by atoms with Gasteiger partial charge < -0.3 is 10.3 Å². The second-order valence-corrected chi connectivity index (χ2v) is 10.3. The smallest absolute Gasteiger partial charge is 0.360 e. The molecule has 5 nitrogen and oxygen atoms in total. The number of hydrogen-bond acceptors (Lipinski definition) is 3. The van der Waals surface area contributed by atoms with Gasteiger partial charge in [0.15, 0.2) is 0 Å². The maximum Gasteiger partial charge on any atom is 0.417 e. The van der Waals surface area contributed by atoms with Crippen LogP contribution in [0.2, 0.25) is 0 Å². The number of nitrogens with zero attached hydrogens (tertiary/aromatic N) is 1. The predicted octanol–water partition coefficient (Wildman–Crippen LogP) is 5.62. The number of pyridine rings is 1. The molecule has 5 rings (SSSR count). The second-order valence-electron chi connectivity index (χ2n) is 10.3. The van der Waals surface area contributed by atoms with Gasteiger partial charge in [-0.25, -0.2) is 0 Å². The van der Waals surface area contributed by atoms with Crippen molar-refractivity contribution >= 4 is 22.5 Å². The Labute approximate surface area is 213 Å². The summed E-state index contributed by atoms with van der Waals surface area (Å²) in [5.74, 6) is 7.30. The lowest BCUT2D eigenvalue weighted by atomic mass is 9.88. The zero-order valence-corrected chi connectivity index (χ0v) is 20.7. The Balaban J connectivity index is 1.51. The lowest BCUT2D eigenvalue weighted by Crippen LogP contribution is -2.24. The monoisotopic (exact) mass is 507 g/mol. The van der Waals surface area contributed by atoms with Crippen molar-refractivity contribution in [2.75, 3.05) is 26.0 Å². The first-order chi connectivity index (χ1) is 17.6. The molecule has 2 aromatic carbocycles. The summed E-state index contributed by atoms with van der Waals surface area (Å²) in [5.41, 5.74) is -0.168. The Bertz CT molecular complexity index is 1460. The van der Waals surface area contributed by atoms with E-state index in [-0.39, 0.29) is 5.52 Å². The van der Waals surface area contributed by atoms with E-state index in [0.717, 1.165) is 12.3 Å². The zero-order chi connectivity index (χ0) is 26.3. The molecule has 2 N–H and O–H groups in total. The van der Waals surface area contributed by atoms with Crippen molar-refractivity contribution in [3.05, 3.63) is 75.1 Å². The summed E-state index contributed by atoms with van der Waals surface area (Å²) in [6.45, 7) is 0.525. The topological polar surface area (TPSA) is 65.2 Å². The van der Waals surface area contributed by atoms with E-state index in [4.69, 9.17) is 0 Å². The van der Waals surface area contributed by atoms with Crippen LogP contribution in [0.3, 0.4) is 0 Å². The third kappa shape index (κ3) is 4.88. The highest BCUT2D eigenvalue weighted by Crippen LogP contribution is 2.54. The van der Waals surface area contributed by atoms with Crippen LogP contribution in [-0.2, 0) is 6.18 Å². The minimum absolute atomic E-state index is 0.0159. The summed E-state index contributed by atoms with van der Waals surface area (Å²) in [6, 6.07) is 9.25. The molecule has 0 unspecified atom stereocenters. The molecule has 1 heterocycles. The van der Waals surface area contributed by atoms with Crippen LogP contribution >= 0.6 is 0 Å². The minimum Gasteiger partial charge on any atom is -0.360 e. The molecule has 2 aliphatic rings. The number of halogens is 3. The normalized spacial score (nSPS) is 20.8. The minimum atomic E-state index is -4.73. The molecule has 2 saturated carbocycles. The van der Waals surface area contributed by atoms with Crippen LogP contribution in [0.1, 0.15) is 58.6 Å². The van der Waals surface area contributed by atoms with Gasteiger partial charge in [-0.15, -0.1) is 0 Å². The fourth-order valence-corrected chi connectivity index (χ4v) is 5.93. The summed E-state index contributed by atoms with van der Waals surface area (Å²) < 4.78 is 40.7. The van der Waals surface area contributed by atoms with E-state index in [2.05, 4.69) is 22.1 Å². The van der Waals surface area contributed by atoms with Crippen molar-refractivity contribution in [2.24, 2.45) is 11.8 Å². The molecule has 37 heavy (non-hydrogen) atoms. The van der Waals surface area contributed by atoms with Gasteiger partial charge in [0.05, 0.1) is 23.2 Å². The number of aromatic amines is 1. The van der Waals surface area contributed by atoms with E-state index in [1.165, 1.54) is 43.4 Å². The maximum atomic E-state index is 13.6. The van der Waals surface area contributed by atoms with E-state index in [0.29, 0.717) is 35.5 Å². The Morgan fingerprint density at radius 1 is 1.11 bits per heavy atom. The fraction of sp³-hybridized carbons (Fsp3) is 0.379. The number of rotatable bonds is 4. The number of alkyl halides is 3. The Kier molecular flexibility index (Phi) is 6.59. The average Bonchev–Trinajstić information content (AvgIpc) is 3.45. The van der Waals surface area contributed by atoms with Crippen molar-refractivity contribution in [2.45, 2.75) is 37.8 Å². The number of H-pyrrole nitrogens is 1. The predicted molar refractivity (Wildman–Crippen MR) is 138 cm³/mol. The van der Waals surface area contributed by atoms with Gasteiger partial charge in [0, 0.05) is 17.3 Å². The van der Waals surface area contributed by atoms with Crippen LogP contribution in [0.5, 0.6) is 0 Å². The van der Waals surface area contributed by atoms with Gasteiger partial charge in [0.25, 0.3) is 5.91 Å². The molecule has 1 amide bonds. The van der Waals surface area contributed by atoms with E-state index < -0.39 is 34.0 Å². The number of carbonyl (C=O) groups excluding carboxylic acids is 1. The molecule has 0 atom stereocenters. The van der Waals surface area contributed by atoms with Crippen molar-refractivity contribution < 1.29 is 18.0 Å². The molecule has 0 aliphatic heterocycles. The SMILES string of the molecule is CN(C)CC#Cc1cc(C2C3CCC2CC3)ccc1NC(=O)c1c[nH]c2cccc(C(F)(F)F)c2c1=O. The van der Waals surface area contributed by atoms with E-state index >= 15 is 0 Å². The molecule has 192 valence electrons. The third-order valence-corrected chi connectivity index (χ3v) is 7.59. The largest absolute Gasteiger partial charge is 0.417 e. The van der Waals surface area contributed by atoms with Gasteiger partial charge in [0.1, 0.15) is 5.56 Å². The van der Waals surface area contributed by atoms with Crippen LogP contribution in [0.25, 0.3) is 10.9 Å². The zero-order valence-electron chi connectivity index (χ0n) is 20.7. The summed E-state index contributed by atoms with van der Waals surface area (Å²) in [4.78, 5) is 30.8. The number of amides is 1. The van der Waals surface area contributed by atoms with Gasteiger partial charge >= 0.3 is 6.18 Å². The van der Waals surface area contributed by atoms with Gasteiger partial charge in [-0.05, 0) is 87.4 Å². The molecule has 0 radical (unpaired) electrons. The molecule has 0 saturated heterocycles. The quantitative estimate of drug-likeness (QED) is 0.451. The Morgan fingerprint density at radius 3 is 2.46 bits per heavy atom. The van der Waals surface area contributed by atoms with Crippen LogP contribution in [0.4, 0.5) is 18.9 Å². The number of nitrogens with one attached hydrogen (secondary N) is 2. The molecular formula is C29H28F3N3O2. The van der Waals surface area contributed by atoms with Crippen molar-refractivity contribution in [3.63, 3.8) is 0 Å². The number of hydrogen-bond donors (Lipinski definition) is 2. The lowest BCUT2D eigenvalue weighted by molar-refractivity contribution is -0.136. The Morgan fingerprint density at radius 2 is 1.81 bits per heavy atom. The molecular weight excluding hydrogens is 479 g/mol. The van der Waals surface area contributed by atoms with Crippen LogP contribution in [0.15, 0.2) is 47.4 Å². The Hall–Kier alpha value is -3.57. The van der Waals surface area contributed by atoms with Gasteiger partial charge in [-0.2, -0.15) is 13.2 Å². The van der Waals surface area contributed by atoms with Crippen LogP contribution < -0.4 is 10.7 Å². The third-order valence-electron chi connectivity index (χ3n) is 7.59. The molecule has 2 bridgehead atoms. The first kappa shape index (κ1) is 25.1. The summed E-state index contributed by atoms with van der Waals surface area (Å²) in [5, 5.41) is 2.17. The molecule has 0 spiro atoms. The van der Waals surface area contributed by atoms with Crippen molar-refractivity contribution in [1.29, 1.82) is 0 Å². The van der Waals surface area contributed by atoms with Crippen LogP contribution in [0, 0.1) is 23.7 Å². The van der Waals surface area contributed by atoms with E-state index in [1.54, 1.807) is 6.07 Å². The molecule has 1 aromatic heterocycles. The van der Waals surface area contributed by atoms with Gasteiger partial charge in [-0.1, -0.05) is 24.0 Å². The van der Waals surface area contributed by atoms with E-state index in [1.807, 2.05) is 31.1 Å². The summed E-state index contributed by atoms with van der Waals surface area (Å²) >= 11 is 0. The average molecular weight is 508 g/mol. The number of aromatic nitrogens is 1. The standard InChI is InChI=1S/C29H28F3N3O2/c1-35(2)14-4-5-19-15-20(25-17-8-9-18(25)11-10-17)12-13-23(19)34-28(37)21-16-33-24-7-3-6-22(29(30,31)32)26(24)27(21)36/h3,6-7,12-13,15-18,25H,8-11,14H2,1-2H3,(H,33,36)(H,34,37). The first-order valence-electron chi connectivity index (χ1n) is 12.4. The highest BCUT2D eigenvalue weighted by molar-refractivity contribution is 6.06. The van der Waals surface area contributed by atoms with Crippen molar-refractivity contribution in [3.8, 4) is 11.8 Å². The summed E-state index contributed by atoms with van der Waals surface area (Å²) in [7, 11) is 3.82. The highest BCUT2D eigenvalue weighted by Gasteiger charge is 2.42. The number of benzene rings is 2. The molecule has 2 fully saturated rings. The molecule has 2 aliphatic carbocycles. The van der Waals surface area contributed by atoms with E-state index in [9.17, 15) is 22.8 Å². The maximum absolute atomic E-state index is 13.6. The second kappa shape index (κ2) is 9.71.